The van der Waals surface area contributed by atoms with Crippen LogP contribution in [0.5, 0.6) is 0 Å². The highest BCUT2D eigenvalue weighted by atomic mass is 32.2. The third-order valence-corrected chi connectivity index (χ3v) is 7.17. The van der Waals surface area contributed by atoms with Gasteiger partial charge in [-0.2, -0.15) is 4.68 Å². The van der Waals surface area contributed by atoms with Gasteiger partial charge >= 0.3 is 0 Å². The molecule has 2 aromatic carbocycles. The molecule has 170 valence electrons. The predicted octanol–water partition coefficient (Wildman–Crippen LogP) is 5.18. The Hall–Kier alpha value is -3.04. The Bertz CT molecular complexity index is 1250. The van der Waals surface area contributed by atoms with Crippen LogP contribution in [0.1, 0.15) is 46.9 Å². The number of thiazole rings is 1. The van der Waals surface area contributed by atoms with Gasteiger partial charge in [-0.25, -0.2) is 4.98 Å². The largest absolute Gasteiger partial charge is 0.301 e. The van der Waals surface area contributed by atoms with E-state index in [4.69, 9.17) is 0 Å². The van der Waals surface area contributed by atoms with Crippen molar-refractivity contribution in [2.24, 2.45) is 0 Å². The number of thioether (sulfide) groups is 1. The smallest absolute Gasteiger partial charge is 0.236 e. The van der Waals surface area contributed by atoms with Gasteiger partial charge in [0.1, 0.15) is 0 Å². The van der Waals surface area contributed by atoms with Crippen LogP contribution in [-0.2, 0) is 11.2 Å². The molecule has 0 spiro atoms. The van der Waals surface area contributed by atoms with Crippen LogP contribution in [-0.4, -0.2) is 36.9 Å². The molecule has 9 heteroatoms. The molecule has 1 N–H and O–H groups in total. The van der Waals surface area contributed by atoms with Gasteiger partial charge in [-0.15, -0.1) is 16.4 Å². The van der Waals surface area contributed by atoms with Gasteiger partial charge in [0.25, 0.3) is 0 Å². The second-order valence-corrected chi connectivity index (χ2v) is 10.2. The van der Waals surface area contributed by atoms with Gasteiger partial charge in [-0.05, 0) is 64.6 Å². The average molecular weight is 479 g/mol. The molecule has 4 rings (SSSR count). The molecule has 0 fully saturated rings. The zero-order valence-corrected chi connectivity index (χ0v) is 20.7. The summed E-state index contributed by atoms with van der Waals surface area (Å²) in [6, 6.07) is 14.7. The maximum absolute atomic E-state index is 12.5. The van der Waals surface area contributed by atoms with Gasteiger partial charge in [-0.3, -0.25) is 4.79 Å². The lowest BCUT2D eigenvalue weighted by atomic mass is 10.0. The Morgan fingerprint density at radius 2 is 1.91 bits per heavy atom. The third kappa shape index (κ3) is 5.85. The van der Waals surface area contributed by atoms with Crippen molar-refractivity contribution < 1.29 is 4.79 Å². The number of nitrogens with one attached hydrogen (secondary N) is 1. The van der Waals surface area contributed by atoms with E-state index in [0.29, 0.717) is 16.2 Å². The molecule has 0 radical (unpaired) electrons. The Morgan fingerprint density at radius 1 is 1.12 bits per heavy atom. The summed E-state index contributed by atoms with van der Waals surface area (Å²) < 4.78 is 1.65. The van der Waals surface area contributed by atoms with Crippen molar-refractivity contribution in [2.75, 3.05) is 11.1 Å². The molecule has 0 atom stereocenters. The molecule has 0 aliphatic heterocycles. The third-order valence-electron chi connectivity index (χ3n) is 5.33. The van der Waals surface area contributed by atoms with Crippen molar-refractivity contribution >= 4 is 34.1 Å². The average Bonchev–Trinajstić information content (AvgIpc) is 3.44. The standard InChI is InChI=1S/C24H26N6OS2/c1-15(2)19-8-6-18(7-9-19)12-21-13-25-23(33-21)26-22(31)14-32-24-27-28-29-30(24)20-10-5-16(3)17(4)11-20/h5-11,13,15H,12,14H2,1-4H3,(H,25,26,31). The summed E-state index contributed by atoms with van der Waals surface area (Å²) in [5.41, 5.74) is 5.80. The zero-order chi connectivity index (χ0) is 23.4. The summed E-state index contributed by atoms with van der Waals surface area (Å²) >= 11 is 2.79. The van der Waals surface area contributed by atoms with E-state index >= 15 is 0 Å². The van der Waals surface area contributed by atoms with Crippen LogP contribution in [0.4, 0.5) is 5.13 Å². The summed E-state index contributed by atoms with van der Waals surface area (Å²) in [6.45, 7) is 8.49. The Balaban J connectivity index is 1.33. The van der Waals surface area contributed by atoms with Crippen molar-refractivity contribution in [2.45, 2.75) is 45.2 Å². The van der Waals surface area contributed by atoms with Crippen molar-refractivity contribution in [1.29, 1.82) is 0 Å². The molecule has 0 saturated heterocycles. The number of nitrogens with zero attached hydrogens (tertiary/aromatic N) is 5. The van der Waals surface area contributed by atoms with Crippen LogP contribution in [0, 0.1) is 13.8 Å². The van der Waals surface area contributed by atoms with Gasteiger partial charge in [0.15, 0.2) is 5.13 Å². The van der Waals surface area contributed by atoms with Crippen LogP contribution in [0.2, 0.25) is 0 Å². The molecule has 0 bridgehead atoms. The maximum Gasteiger partial charge on any atom is 0.236 e. The van der Waals surface area contributed by atoms with E-state index in [1.165, 1.54) is 39.8 Å². The monoisotopic (exact) mass is 478 g/mol. The van der Waals surface area contributed by atoms with Gasteiger partial charge in [0.05, 0.1) is 11.4 Å². The minimum atomic E-state index is -0.142. The first-order valence-corrected chi connectivity index (χ1v) is 12.5. The fraction of sp³-hybridized carbons (Fsp3) is 0.292. The first kappa shape index (κ1) is 23.1. The summed E-state index contributed by atoms with van der Waals surface area (Å²) in [6.07, 6.45) is 2.62. The molecule has 2 heterocycles. The lowest BCUT2D eigenvalue weighted by Gasteiger charge is -2.07. The molecule has 7 nitrogen and oxygen atoms in total. The van der Waals surface area contributed by atoms with E-state index < -0.39 is 0 Å². The molecule has 0 aliphatic carbocycles. The molecule has 0 aliphatic rings. The van der Waals surface area contributed by atoms with Crippen molar-refractivity contribution in [3.8, 4) is 5.69 Å². The number of carbonyl (C=O) groups is 1. The molecule has 1 amide bonds. The molecule has 4 aromatic rings. The van der Waals surface area contributed by atoms with Gasteiger partial charge < -0.3 is 5.32 Å². The minimum Gasteiger partial charge on any atom is -0.301 e. The van der Waals surface area contributed by atoms with Crippen molar-refractivity contribution in [3.05, 3.63) is 75.8 Å². The number of rotatable bonds is 8. The molecular formula is C24H26N6OS2. The first-order chi connectivity index (χ1) is 15.9. The topological polar surface area (TPSA) is 85.6 Å². The van der Waals surface area contributed by atoms with Crippen LogP contribution in [0.3, 0.4) is 0 Å². The molecular weight excluding hydrogens is 452 g/mol. The number of hydrogen-bond acceptors (Lipinski definition) is 7. The Labute approximate surface area is 201 Å². The second-order valence-electron chi connectivity index (χ2n) is 8.18. The predicted molar refractivity (Wildman–Crippen MR) is 133 cm³/mol. The molecule has 0 unspecified atom stereocenters. The molecule has 0 saturated carbocycles. The van der Waals surface area contributed by atoms with Gasteiger partial charge in [0, 0.05) is 17.5 Å². The van der Waals surface area contributed by atoms with Crippen LogP contribution < -0.4 is 5.32 Å². The number of benzene rings is 2. The van der Waals surface area contributed by atoms with E-state index in [2.05, 4.69) is 70.9 Å². The number of tetrazole rings is 1. The van der Waals surface area contributed by atoms with Crippen LogP contribution in [0.15, 0.2) is 53.8 Å². The number of carbonyl (C=O) groups excluding carboxylic acids is 1. The number of anilines is 1. The normalized spacial score (nSPS) is 11.2. The van der Waals surface area contributed by atoms with Gasteiger partial charge in [-0.1, -0.05) is 55.9 Å². The highest BCUT2D eigenvalue weighted by molar-refractivity contribution is 7.99. The lowest BCUT2D eigenvalue weighted by molar-refractivity contribution is -0.113. The summed E-state index contributed by atoms with van der Waals surface area (Å²) in [5, 5.41) is 16.0. The summed E-state index contributed by atoms with van der Waals surface area (Å²) in [4.78, 5) is 17.9. The second kappa shape index (κ2) is 10.3. The van der Waals surface area contributed by atoms with E-state index in [-0.39, 0.29) is 11.7 Å². The maximum atomic E-state index is 12.5. The first-order valence-electron chi connectivity index (χ1n) is 10.7. The summed E-state index contributed by atoms with van der Waals surface area (Å²) in [5.74, 6) is 0.571. The van der Waals surface area contributed by atoms with E-state index in [0.717, 1.165) is 22.5 Å². The van der Waals surface area contributed by atoms with E-state index in [9.17, 15) is 4.79 Å². The van der Waals surface area contributed by atoms with Crippen LogP contribution >= 0.6 is 23.1 Å². The lowest BCUT2D eigenvalue weighted by Crippen LogP contribution is -2.14. The fourth-order valence-electron chi connectivity index (χ4n) is 3.24. The van der Waals surface area contributed by atoms with E-state index in [1.807, 2.05) is 31.3 Å². The minimum absolute atomic E-state index is 0.142. The van der Waals surface area contributed by atoms with Crippen molar-refractivity contribution in [1.82, 2.24) is 25.2 Å². The van der Waals surface area contributed by atoms with Gasteiger partial charge in [0.2, 0.25) is 11.1 Å². The zero-order valence-electron chi connectivity index (χ0n) is 19.1. The molecule has 33 heavy (non-hydrogen) atoms. The number of amides is 1. The Morgan fingerprint density at radius 3 is 2.64 bits per heavy atom. The number of aryl methyl sites for hydroxylation is 2. The van der Waals surface area contributed by atoms with Crippen molar-refractivity contribution in [3.63, 3.8) is 0 Å². The fourth-order valence-corrected chi connectivity index (χ4v) is 4.80. The highest BCUT2D eigenvalue weighted by Crippen LogP contribution is 2.24. The quantitative estimate of drug-likeness (QED) is 0.351. The number of hydrogen-bond donors (Lipinski definition) is 1. The highest BCUT2D eigenvalue weighted by Gasteiger charge is 2.13. The van der Waals surface area contributed by atoms with E-state index in [1.54, 1.807) is 4.68 Å². The SMILES string of the molecule is Cc1ccc(-n2nnnc2SCC(=O)Nc2ncc(Cc3ccc(C(C)C)cc3)s2)cc1C. The van der Waals surface area contributed by atoms with Crippen LogP contribution in [0.25, 0.3) is 5.69 Å². The molecule has 2 aromatic heterocycles. The number of aromatic nitrogens is 5. The summed E-state index contributed by atoms with van der Waals surface area (Å²) in [7, 11) is 0. The Kier molecular flexibility index (Phi) is 7.20.